The number of ether oxygens (including phenoxy) is 1. The van der Waals surface area contributed by atoms with Gasteiger partial charge in [0, 0.05) is 24.0 Å². The molecule has 21 heavy (non-hydrogen) atoms. The third kappa shape index (κ3) is 3.84. The van der Waals surface area contributed by atoms with Crippen LogP contribution in [0.15, 0.2) is 22.7 Å². The fraction of sp³-hybridized carbons (Fsp3) is 0.562. The number of methoxy groups -OCH3 is 1. The molecule has 0 fully saturated rings. The highest BCUT2D eigenvalue weighted by molar-refractivity contribution is 9.10. The molecular formula is C16H23BrN2O2. The number of nitrogens with one attached hydrogen (secondary N) is 1. The molecule has 0 bridgehead atoms. The van der Waals surface area contributed by atoms with E-state index in [0.29, 0.717) is 6.42 Å². The second kappa shape index (κ2) is 6.90. The highest BCUT2D eigenvalue weighted by Crippen LogP contribution is 2.31. The van der Waals surface area contributed by atoms with E-state index in [2.05, 4.69) is 38.3 Å². The Hall–Kier alpha value is -0.910. The van der Waals surface area contributed by atoms with Crippen molar-refractivity contribution in [3.05, 3.63) is 33.8 Å². The molecule has 5 heteroatoms. The molecule has 0 heterocycles. The maximum absolute atomic E-state index is 12.3. The summed E-state index contributed by atoms with van der Waals surface area (Å²) in [6.45, 7) is 1.67. The lowest BCUT2D eigenvalue weighted by atomic mass is 9.78. The summed E-state index contributed by atoms with van der Waals surface area (Å²) in [5.41, 5.74) is 1.96. The van der Waals surface area contributed by atoms with Gasteiger partial charge in [0.05, 0.1) is 7.11 Å². The minimum Gasteiger partial charge on any atom is -0.468 e. The second-order valence-corrected chi connectivity index (χ2v) is 6.81. The number of carbonyl (C=O) groups is 1. The number of aryl methyl sites for hydroxylation is 1. The number of hydrogen-bond donors (Lipinski definition) is 1. The van der Waals surface area contributed by atoms with Gasteiger partial charge in [0.25, 0.3) is 0 Å². The van der Waals surface area contributed by atoms with Gasteiger partial charge in [0.1, 0.15) is 5.54 Å². The summed E-state index contributed by atoms with van der Waals surface area (Å²) in [4.78, 5) is 14.4. The van der Waals surface area contributed by atoms with Gasteiger partial charge in [-0.1, -0.05) is 22.0 Å². The molecule has 0 saturated carbocycles. The van der Waals surface area contributed by atoms with Crippen molar-refractivity contribution in [2.75, 3.05) is 34.3 Å². The normalized spacial score (nSPS) is 21.2. The zero-order valence-electron chi connectivity index (χ0n) is 12.9. The standard InChI is InChI=1S/C16H23BrN2O2/c1-19(2)9-8-18-16(15(20)21-3)7-6-12-10-14(17)5-4-13(12)11-16/h4-5,10,18H,6-9,11H2,1-3H3. The average molecular weight is 355 g/mol. The Morgan fingerprint density at radius 1 is 1.43 bits per heavy atom. The molecule has 2 rings (SSSR count). The fourth-order valence-electron chi connectivity index (χ4n) is 2.87. The van der Waals surface area contributed by atoms with E-state index < -0.39 is 5.54 Å². The van der Waals surface area contributed by atoms with Gasteiger partial charge in [-0.3, -0.25) is 4.79 Å². The van der Waals surface area contributed by atoms with Gasteiger partial charge in [-0.15, -0.1) is 0 Å². The van der Waals surface area contributed by atoms with E-state index in [1.165, 1.54) is 18.2 Å². The fourth-order valence-corrected chi connectivity index (χ4v) is 3.28. The topological polar surface area (TPSA) is 41.6 Å². The molecule has 1 aromatic carbocycles. The molecule has 0 aliphatic heterocycles. The largest absolute Gasteiger partial charge is 0.468 e. The lowest BCUT2D eigenvalue weighted by Gasteiger charge is -2.37. The lowest BCUT2D eigenvalue weighted by molar-refractivity contribution is -0.149. The highest BCUT2D eigenvalue weighted by Gasteiger charge is 2.41. The van der Waals surface area contributed by atoms with Gasteiger partial charge < -0.3 is 15.0 Å². The predicted molar refractivity (Wildman–Crippen MR) is 87.5 cm³/mol. The Labute approximate surface area is 135 Å². The van der Waals surface area contributed by atoms with E-state index in [9.17, 15) is 4.79 Å². The van der Waals surface area contributed by atoms with Crippen molar-refractivity contribution in [2.45, 2.75) is 24.8 Å². The molecule has 0 spiro atoms. The van der Waals surface area contributed by atoms with Crippen LogP contribution in [0.5, 0.6) is 0 Å². The van der Waals surface area contributed by atoms with Gasteiger partial charge in [-0.2, -0.15) is 0 Å². The number of rotatable bonds is 5. The summed E-state index contributed by atoms with van der Waals surface area (Å²) in [5.74, 6) is -0.158. The van der Waals surface area contributed by atoms with Gasteiger partial charge >= 0.3 is 5.97 Å². The number of esters is 1. The van der Waals surface area contributed by atoms with Crippen LogP contribution < -0.4 is 5.32 Å². The van der Waals surface area contributed by atoms with Gasteiger partial charge in [0.15, 0.2) is 0 Å². The lowest BCUT2D eigenvalue weighted by Crippen LogP contribution is -2.57. The van der Waals surface area contributed by atoms with Crippen LogP contribution >= 0.6 is 15.9 Å². The van der Waals surface area contributed by atoms with E-state index in [0.717, 1.165) is 30.4 Å². The van der Waals surface area contributed by atoms with Crippen LogP contribution in [-0.4, -0.2) is 50.7 Å². The molecule has 1 unspecified atom stereocenters. The zero-order valence-corrected chi connectivity index (χ0v) is 14.5. The molecule has 0 amide bonds. The van der Waals surface area contributed by atoms with Crippen LogP contribution in [0, 0.1) is 0 Å². The summed E-state index contributed by atoms with van der Waals surface area (Å²) in [6, 6.07) is 6.28. The number of nitrogens with zero attached hydrogens (tertiary/aromatic N) is 1. The Bertz CT molecular complexity index is 519. The quantitative estimate of drug-likeness (QED) is 0.821. The molecular weight excluding hydrogens is 332 g/mol. The van der Waals surface area contributed by atoms with Crippen LogP contribution in [0.4, 0.5) is 0 Å². The summed E-state index contributed by atoms with van der Waals surface area (Å²) < 4.78 is 6.16. The summed E-state index contributed by atoms with van der Waals surface area (Å²) in [7, 11) is 5.52. The number of hydrogen-bond acceptors (Lipinski definition) is 4. The van der Waals surface area contributed by atoms with Crippen LogP contribution in [0.25, 0.3) is 0 Å². The third-order valence-electron chi connectivity index (χ3n) is 4.08. The predicted octanol–water partition coefficient (Wildman–Crippen LogP) is 2.00. The maximum atomic E-state index is 12.3. The first-order chi connectivity index (χ1) is 9.97. The van der Waals surface area contributed by atoms with Crippen molar-refractivity contribution >= 4 is 21.9 Å². The number of halogens is 1. The molecule has 1 atom stereocenters. The number of carbonyl (C=O) groups excluding carboxylic acids is 1. The van der Waals surface area contributed by atoms with Crippen molar-refractivity contribution in [1.82, 2.24) is 10.2 Å². The molecule has 0 aromatic heterocycles. The smallest absolute Gasteiger partial charge is 0.326 e. The number of fused-ring (bicyclic) bond motifs is 1. The van der Waals surface area contributed by atoms with Gasteiger partial charge in [-0.25, -0.2) is 0 Å². The van der Waals surface area contributed by atoms with E-state index in [-0.39, 0.29) is 5.97 Å². The Morgan fingerprint density at radius 2 is 2.19 bits per heavy atom. The monoisotopic (exact) mass is 354 g/mol. The molecule has 1 aliphatic rings. The first kappa shape index (κ1) is 16.5. The van der Waals surface area contributed by atoms with E-state index in [4.69, 9.17) is 4.74 Å². The van der Waals surface area contributed by atoms with Crippen molar-refractivity contribution < 1.29 is 9.53 Å². The van der Waals surface area contributed by atoms with Gasteiger partial charge in [-0.05, 0) is 50.2 Å². The Balaban J connectivity index is 2.18. The Kier molecular flexibility index (Phi) is 5.41. The van der Waals surface area contributed by atoms with Gasteiger partial charge in [0.2, 0.25) is 0 Å². The van der Waals surface area contributed by atoms with Crippen molar-refractivity contribution in [3.8, 4) is 0 Å². The number of likely N-dealkylation sites (N-methyl/N-ethyl adjacent to an activating group) is 1. The van der Waals surface area contributed by atoms with Crippen molar-refractivity contribution in [3.63, 3.8) is 0 Å². The van der Waals surface area contributed by atoms with Crippen LogP contribution in [0.2, 0.25) is 0 Å². The molecule has 4 nitrogen and oxygen atoms in total. The first-order valence-electron chi connectivity index (χ1n) is 7.22. The van der Waals surface area contributed by atoms with Crippen LogP contribution in [-0.2, 0) is 22.4 Å². The minimum atomic E-state index is -0.592. The van der Waals surface area contributed by atoms with Crippen LogP contribution in [0.3, 0.4) is 0 Å². The molecule has 1 N–H and O–H groups in total. The summed E-state index contributed by atoms with van der Waals surface area (Å²) in [6.07, 6.45) is 2.35. The van der Waals surface area contributed by atoms with Crippen molar-refractivity contribution in [1.29, 1.82) is 0 Å². The Morgan fingerprint density at radius 3 is 2.86 bits per heavy atom. The highest BCUT2D eigenvalue weighted by atomic mass is 79.9. The van der Waals surface area contributed by atoms with E-state index in [1.54, 1.807) is 0 Å². The second-order valence-electron chi connectivity index (χ2n) is 5.89. The number of benzene rings is 1. The third-order valence-corrected chi connectivity index (χ3v) is 4.57. The van der Waals surface area contributed by atoms with E-state index >= 15 is 0 Å². The van der Waals surface area contributed by atoms with Crippen LogP contribution in [0.1, 0.15) is 17.5 Å². The van der Waals surface area contributed by atoms with E-state index in [1.807, 2.05) is 20.2 Å². The average Bonchev–Trinajstić information content (AvgIpc) is 2.46. The summed E-state index contributed by atoms with van der Waals surface area (Å²) >= 11 is 3.51. The molecule has 0 saturated heterocycles. The molecule has 1 aliphatic carbocycles. The molecule has 0 radical (unpaired) electrons. The summed E-state index contributed by atoms with van der Waals surface area (Å²) in [5, 5.41) is 3.44. The molecule has 116 valence electrons. The minimum absolute atomic E-state index is 0.158. The zero-order chi connectivity index (χ0) is 15.5. The maximum Gasteiger partial charge on any atom is 0.326 e. The SMILES string of the molecule is COC(=O)C1(NCCN(C)C)CCc2cc(Br)ccc2C1. The molecule has 1 aromatic rings. The van der Waals surface area contributed by atoms with Crippen molar-refractivity contribution in [2.24, 2.45) is 0 Å². The first-order valence-corrected chi connectivity index (χ1v) is 8.01.